The van der Waals surface area contributed by atoms with Crippen molar-refractivity contribution < 1.29 is 50.6 Å². The van der Waals surface area contributed by atoms with Crippen LogP contribution in [0.3, 0.4) is 0 Å². The molecule has 1 radical (unpaired) electrons. The van der Waals surface area contributed by atoms with Crippen molar-refractivity contribution in [1.82, 2.24) is 15.0 Å². The summed E-state index contributed by atoms with van der Waals surface area (Å²) in [5, 5.41) is 41.4. The Hall–Kier alpha value is -4.92. The van der Waals surface area contributed by atoms with Crippen molar-refractivity contribution in [3.63, 3.8) is 0 Å². The summed E-state index contributed by atoms with van der Waals surface area (Å²) in [6, 6.07) is 44.1. The molecule has 6 rings (SSSR count). The number of rotatable bonds is 6. The first-order valence-corrected chi connectivity index (χ1v) is 13.8. The Bertz CT molecular complexity index is 1460. The third kappa shape index (κ3) is 11.7. The van der Waals surface area contributed by atoms with E-state index < -0.39 is 0 Å². The summed E-state index contributed by atoms with van der Waals surface area (Å²) in [5.41, 5.74) is 5.25. The maximum atomic E-state index is 10.8. The molecule has 0 atom stereocenters. The Kier molecular flexibility index (Phi) is 17.7. The minimum absolute atomic E-state index is 0. The molecule has 3 aromatic carbocycles. The van der Waals surface area contributed by atoms with Gasteiger partial charge < -0.3 is 43.5 Å². The van der Waals surface area contributed by atoms with Gasteiger partial charge in [-0.05, 0) is 36.4 Å². The molecule has 0 saturated carbocycles. The Morgan fingerprint density at radius 2 is 0.596 bits per heavy atom. The van der Waals surface area contributed by atoms with Crippen molar-refractivity contribution in [2.24, 2.45) is 15.5 Å². The molecule has 0 amide bonds. The van der Waals surface area contributed by atoms with Gasteiger partial charge >= 0.3 is 38.2 Å². The molecule has 3 heterocycles. The molecule has 47 heavy (non-hydrogen) atoms. The first-order valence-electron chi connectivity index (χ1n) is 13.8. The molecule has 0 N–H and O–H groups in total. The Morgan fingerprint density at radius 3 is 0.787 bits per heavy atom. The summed E-state index contributed by atoms with van der Waals surface area (Å²) < 4.78 is 0. The Balaban J connectivity index is 0.000000240. The van der Waals surface area contributed by atoms with Gasteiger partial charge in [0.2, 0.25) is 0 Å². The zero-order valence-electron chi connectivity index (χ0n) is 24.7. The third-order valence-corrected chi connectivity index (χ3v) is 6.14. The maximum Gasteiger partial charge on any atom is 3.00 e. The van der Waals surface area contributed by atoms with Crippen LogP contribution in [0.25, 0.3) is 0 Å². The minimum atomic E-state index is 0. The average molecular weight is 790 g/mol. The van der Waals surface area contributed by atoms with E-state index in [1.54, 1.807) is 55.0 Å². The molecule has 3 aromatic heterocycles. The first kappa shape index (κ1) is 38.3. The van der Waals surface area contributed by atoms with Gasteiger partial charge in [-0.25, -0.2) is 0 Å². The second kappa shape index (κ2) is 21.8. The van der Waals surface area contributed by atoms with Gasteiger partial charge in [-0.1, -0.05) is 109 Å². The van der Waals surface area contributed by atoms with Crippen molar-refractivity contribution in [2.75, 3.05) is 0 Å². The number of pyridine rings is 3. The average Bonchev–Trinajstić information content (AvgIpc) is 3.13. The van der Waals surface area contributed by atoms with Crippen LogP contribution in [0, 0.1) is 53.8 Å². The van der Waals surface area contributed by atoms with Crippen LogP contribution in [0.15, 0.2) is 180 Å². The van der Waals surface area contributed by atoms with Gasteiger partial charge in [0.25, 0.3) is 0 Å². The van der Waals surface area contributed by atoms with Crippen LogP contribution in [0.2, 0.25) is 0 Å². The summed E-state index contributed by atoms with van der Waals surface area (Å²) in [7, 11) is 0. The van der Waals surface area contributed by atoms with Gasteiger partial charge in [0.05, 0.1) is 34.2 Å². The molecule has 11 heteroatoms. The predicted molar refractivity (Wildman–Crippen MR) is 179 cm³/mol. The standard InChI is InChI=1S/3C12H10N2O.ClH.Dy/c3*15-14-12(10-6-2-1-3-7-10)11-8-4-5-9-13-11;;/h3*1-9,15H;1H;/q;;;;+3/p-4/b3*14-12+;;. The minimum Gasteiger partial charge on any atom is -1.00 e. The molecule has 0 aliphatic carbocycles. The van der Waals surface area contributed by atoms with Crippen LogP contribution >= 0.6 is 0 Å². The van der Waals surface area contributed by atoms with Crippen molar-refractivity contribution in [2.45, 2.75) is 0 Å². The molecule has 237 valence electrons. The largest absolute Gasteiger partial charge is 3.00 e. The van der Waals surface area contributed by atoms with Gasteiger partial charge in [-0.3, -0.25) is 15.0 Å². The molecule has 0 bridgehead atoms. The van der Waals surface area contributed by atoms with Crippen LogP contribution in [-0.2, 0) is 0 Å². The second-order valence-corrected chi connectivity index (χ2v) is 9.06. The summed E-state index contributed by atoms with van der Waals surface area (Å²) in [4.78, 5) is 12.3. The smallest absolute Gasteiger partial charge is 1.00 e. The van der Waals surface area contributed by atoms with Crippen LogP contribution in [-0.4, -0.2) is 32.1 Å². The maximum absolute atomic E-state index is 10.8. The van der Waals surface area contributed by atoms with Gasteiger partial charge in [0.1, 0.15) is 0 Å². The first-order chi connectivity index (χ1) is 22.2. The molecule has 0 fully saturated rings. The zero-order valence-corrected chi connectivity index (χ0v) is 27.5. The number of hydrogen-bond acceptors (Lipinski definition) is 9. The number of halogens is 1. The van der Waals surface area contributed by atoms with E-state index in [0.717, 1.165) is 16.7 Å². The van der Waals surface area contributed by atoms with Gasteiger partial charge in [0.15, 0.2) is 0 Å². The van der Waals surface area contributed by atoms with Crippen molar-refractivity contribution in [3.05, 3.63) is 214 Å². The van der Waals surface area contributed by atoms with E-state index in [1.807, 2.05) is 109 Å². The fourth-order valence-corrected chi connectivity index (χ4v) is 4.04. The van der Waals surface area contributed by atoms with E-state index in [9.17, 15) is 15.6 Å². The predicted octanol–water partition coefficient (Wildman–Crippen LogP) is 4.25. The van der Waals surface area contributed by atoms with Gasteiger partial charge in [-0.15, -0.1) is 0 Å². The Morgan fingerprint density at radius 1 is 0.362 bits per heavy atom. The SMILES string of the molecule is [Cl-].[Dy+3].[O-]/N=C(\c1ccccc1)c1ccccn1.[O-]/N=C(\c1ccccc1)c1ccccn1.[O-]/N=C(\c1ccccc1)c1ccccn1. The molecule has 0 saturated heterocycles. The molecule has 0 unspecified atom stereocenters. The quantitative estimate of drug-likeness (QED) is 0.182. The molecule has 0 spiro atoms. The van der Waals surface area contributed by atoms with Crippen molar-refractivity contribution in [3.8, 4) is 0 Å². The topological polar surface area (TPSA) is 145 Å². The fourth-order valence-electron chi connectivity index (χ4n) is 4.04. The van der Waals surface area contributed by atoms with E-state index in [-0.39, 0.29) is 50.6 Å². The number of aromatic nitrogens is 3. The summed E-state index contributed by atoms with van der Waals surface area (Å²) in [6.07, 6.45) is 4.93. The fraction of sp³-hybridized carbons (Fsp3) is 0. The number of nitrogens with zero attached hydrogens (tertiary/aromatic N) is 6. The summed E-state index contributed by atoms with van der Waals surface area (Å²) in [6.45, 7) is 0. The van der Waals surface area contributed by atoms with Gasteiger partial charge in [-0.2, -0.15) is 0 Å². The Labute approximate surface area is 309 Å². The number of hydrogen-bond donors (Lipinski definition) is 0. The summed E-state index contributed by atoms with van der Waals surface area (Å²) in [5.74, 6) is 0. The van der Waals surface area contributed by atoms with E-state index >= 15 is 0 Å². The van der Waals surface area contributed by atoms with E-state index in [4.69, 9.17) is 0 Å². The molecular weight excluding hydrogens is 762 g/mol. The van der Waals surface area contributed by atoms with Gasteiger partial charge in [0, 0.05) is 35.3 Å². The zero-order chi connectivity index (χ0) is 31.5. The van der Waals surface area contributed by atoms with Crippen molar-refractivity contribution in [1.29, 1.82) is 0 Å². The third-order valence-electron chi connectivity index (χ3n) is 6.14. The van der Waals surface area contributed by atoms with E-state index in [1.165, 1.54) is 0 Å². The monoisotopic (exact) mass is 790 g/mol. The molecule has 0 aliphatic rings. The molecule has 9 nitrogen and oxygen atoms in total. The van der Waals surface area contributed by atoms with E-state index in [2.05, 4.69) is 30.4 Å². The van der Waals surface area contributed by atoms with Crippen LogP contribution in [0.1, 0.15) is 33.8 Å². The van der Waals surface area contributed by atoms with Crippen LogP contribution in [0.5, 0.6) is 0 Å². The van der Waals surface area contributed by atoms with Crippen LogP contribution < -0.4 is 12.4 Å². The number of benzene rings is 3. The molecular formula is C36H27ClDyN6O3-. The van der Waals surface area contributed by atoms with Crippen LogP contribution in [0.4, 0.5) is 0 Å². The molecule has 6 aromatic rings. The normalized spacial score (nSPS) is 10.9. The molecule has 0 aliphatic heterocycles. The second-order valence-electron chi connectivity index (χ2n) is 9.06. The summed E-state index contributed by atoms with van der Waals surface area (Å²) >= 11 is 0. The van der Waals surface area contributed by atoms with Crippen molar-refractivity contribution >= 4 is 17.1 Å². The van der Waals surface area contributed by atoms with E-state index in [0.29, 0.717) is 34.2 Å².